The van der Waals surface area contributed by atoms with Crippen molar-refractivity contribution in [2.24, 2.45) is 0 Å². The number of furan rings is 1. The van der Waals surface area contributed by atoms with E-state index < -0.39 is 0 Å². The highest BCUT2D eigenvalue weighted by molar-refractivity contribution is 9.10. The van der Waals surface area contributed by atoms with Crippen molar-refractivity contribution in [1.29, 1.82) is 0 Å². The van der Waals surface area contributed by atoms with Crippen LogP contribution in [0.1, 0.15) is 24.1 Å². The number of rotatable bonds is 7. The predicted octanol–water partition coefficient (Wildman–Crippen LogP) is 5.30. The van der Waals surface area contributed by atoms with Crippen molar-refractivity contribution in [3.63, 3.8) is 0 Å². The van der Waals surface area contributed by atoms with Gasteiger partial charge < -0.3 is 13.9 Å². The molecule has 0 saturated heterocycles. The fourth-order valence-corrected chi connectivity index (χ4v) is 4.80. The van der Waals surface area contributed by atoms with E-state index in [-0.39, 0.29) is 5.56 Å². The second kappa shape index (κ2) is 9.89. The van der Waals surface area contributed by atoms with E-state index in [2.05, 4.69) is 26.0 Å². The maximum absolute atomic E-state index is 12.9. The minimum Gasteiger partial charge on any atom is -0.493 e. The third kappa shape index (κ3) is 4.91. The van der Waals surface area contributed by atoms with Crippen LogP contribution in [0.5, 0.6) is 11.5 Å². The highest BCUT2D eigenvalue weighted by Gasteiger charge is 2.11. The molecule has 9 heteroatoms. The van der Waals surface area contributed by atoms with Crippen molar-refractivity contribution >= 4 is 50.5 Å². The molecule has 0 amide bonds. The van der Waals surface area contributed by atoms with E-state index in [1.165, 1.54) is 15.9 Å². The number of aromatic nitrogens is 3. The Morgan fingerprint density at radius 1 is 1.11 bits per heavy atom. The summed E-state index contributed by atoms with van der Waals surface area (Å²) in [5.41, 5.74) is 1.62. The van der Waals surface area contributed by atoms with Gasteiger partial charge in [-0.25, -0.2) is 0 Å². The Morgan fingerprint density at radius 2 is 2.00 bits per heavy atom. The molecule has 0 unspecified atom stereocenters. The molecule has 35 heavy (non-hydrogen) atoms. The topological polar surface area (TPSA) is 78.9 Å². The van der Waals surface area contributed by atoms with E-state index in [1.807, 2.05) is 67.6 Å². The summed E-state index contributed by atoms with van der Waals surface area (Å²) in [5, 5.41) is 4.35. The number of hydrogen-bond donors (Lipinski definition) is 0. The number of halogens is 1. The maximum atomic E-state index is 12.9. The van der Waals surface area contributed by atoms with Crippen LogP contribution >= 0.6 is 27.3 Å². The third-order valence-corrected chi connectivity index (χ3v) is 6.57. The van der Waals surface area contributed by atoms with Gasteiger partial charge in [-0.05, 0) is 55.0 Å². The van der Waals surface area contributed by atoms with Crippen LogP contribution in [0.2, 0.25) is 0 Å². The summed E-state index contributed by atoms with van der Waals surface area (Å²) in [6.45, 7) is 2.48. The number of nitrogens with zero attached hydrogens (tertiary/aromatic N) is 3. The van der Waals surface area contributed by atoms with Crippen molar-refractivity contribution in [3.05, 3.63) is 91.1 Å². The fourth-order valence-electron chi connectivity index (χ4n) is 3.51. The van der Waals surface area contributed by atoms with Crippen molar-refractivity contribution in [1.82, 2.24) is 14.6 Å². The van der Waals surface area contributed by atoms with Crippen LogP contribution < -0.4 is 19.6 Å². The standard InChI is InChI=1S/C26H20BrN3O4S/c1-3-33-21-10-7-16(13-22(21)32-2)8-12-24-28-26-30(29-24)25(31)23(35-26)15-19-9-11-20(34-19)17-5-4-6-18(27)14-17/h4-15H,3H2,1-2H3/b12-8+,23-15-. The monoisotopic (exact) mass is 549 g/mol. The van der Waals surface area contributed by atoms with Crippen molar-refractivity contribution in [2.75, 3.05) is 13.7 Å². The van der Waals surface area contributed by atoms with Crippen LogP contribution in [0.4, 0.5) is 0 Å². The molecule has 0 saturated carbocycles. The van der Waals surface area contributed by atoms with Crippen LogP contribution in [-0.2, 0) is 0 Å². The molecule has 7 nitrogen and oxygen atoms in total. The average Bonchev–Trinajstić information content (AvgIpc) is 3.56. The second-order valence-electron chi connectivity index (χ2n) is 7.47. The molecule has 0 aliphatic carbocycles. The summed E-state index contributed by atoms with van der Waals surface area (Å²) >= 11 is 4.73. The number of ether oxygens (including phenoxy) is 2. The summed E-state index contributed by atoms with van der Waals surface area (Å²) in [6.07, 6.45) is 5.34. The first kappa shape index (κ1) is 23.1. The Bertz CT molecular complexity index is 1650. The van der Waals surface area contributed by atoms with Gasteiger partial charge in [0.2, 0.25) is 4.96 Å². The lowest BCUT2D eigenvalue weighted by Crippen LogP contribution is -2.23. The van der Waals surface area contributed by atoms with E-state index in [4.69, 9.17) is 13.9 Å². The second-order valence-corrected chi connectivity index (χ2v) is 9.39. The summed E-state index contributed by atoms with van der Waals surface area (Å²) in [7, 11) is 1.60. The number of fused-ring (bicyclic) bond motifs is 1. The van der Waals surface area contributed by atoms with E-state index in [1.54, 1.807) is 19.3 Å². The van der Waals surface area contributed by atoms with Crippen molar-refractivity contribution in [3.8, 4) is 22.8 Å². The highest BCUT2D eigenvalue weighted by Crippen LogP contribution is 2.29. The zero-order valence-corrected chi connectivity index (χ0v) is 21.3. The van der Waals surface area contributed by atoms with E-state index in [0.29, 0.717) is 39.2 Å². The molecule has 0 bridgehead atoms. The van der Waals surface area contributed by atoms with E-state index >= 15 is 0 Å². The Labute approximate surface area is 213 Å². The third-order valence-electron chi connectivity index (χ3n) is 5.12. The Balaban J connectivity index is 1.39. The smallest absolute Gasteiger partial charge is 0.291 e. The fraction of sp³-hybridized carbons (Fsp3) is 0.115. The first-order valence-corrected chi connectivity index (χ1v) is 12.4. The SMILES string of the molecule is CCOc1ccc(/C=C/c2nc3s/c(=C\c4ccc(-c5cccc(Br)c5)o4)c(=O)n3n2)cc1OC. The first-order chi connectivity index (χ1) is 17.0. The molecule has 3 heterocycles. The molecule has 0 radical (unpaired) electrons. The molecule has 0 N–H and O–H groups in total. The molecule has 0 atom stereocenters. The molecule has 5 aromatic rings. The largest absolute Gasteiger partial charge is 0.493 e. The molecule has 3 aromatic heterocycles. The van der Waals surface area contributed by atoms with E-state index in [9.17, 15) is 4.79 Å². The lowest BCUT2D eigenvalue weighted by Gasteiger charge is -2.09. The van der Waals surface area contributed by atoms with Gasteiger partial charge in [0.25, 0.3) is 5.56 Å². The van der Waals surface area contributed by atoms with Crippen molar-refractivity contribution < 1.29 is 13.9 Å². The number of benzene rings is 2. The van der Waals surface area contributed by atoms with Crippen LogP contribution in [-0.4, -0.2) is 28.3 Å². The minimum atomic E-state index is -0.236. The van der Waals surface area contributed by atoms with Gasteiger partial charge in [-0.2, -0.15) is 9.50 Å². The van der Waals surface area contributed by atoms with Gasteiger partial charge in [0, 0.05) is 16.1 Å². The quantitative estimate of drug-likeness (QED) is 0.274. The normalized spacial score (nSPS) is 12.1. The maximum Gasteiger partial charge on any atom is 0.291 e. The van der Waals surface area contributed by atoms with Gasteiger partial charge in [-0.3, -0.25) is 4.79 Å². The van der Waals surface area contributed by atoms with Gasteiger partial charge >= 0.3 is 0 Å². The zero-order valence-electron chi connectivity index (χ0n) is 18.9. The Kier molecular flexibility index (Phi) is 6.52. The molecule has 0 aliphatic heterocycles. The molecule has 176 valence electrons. The molecule has 0 aliphatic rings. The van der Waals surface area contributed by atoms with Gasteiger partial charge in [0.1, 0.15) is 16.1 Å². The minimum absolute atomic E-state index is 0.236. The van der Waals surface area contributed by atoms with Gasteiger partial charge in [-0.1, -0.05) is 51.5 Å². The van der Waals surface area contributed by atoms with Crippen LogP contribution in [0.15, 0.2) is 68.3 Å². The summed E-state index contributed by atoms with van der Waals surface area (Å²) in [4.78, 5) is 17.9. The molecular weight excluding hydrogens is 530 g/mol. The predicted molar refractivity (Wildman–Crippen MR) is 141 cm³/mol. The molecule has 2 aromatic carbocycles. The number of methoxy groups -OCH3 is 1. The van der Waals surface area contributed by atoms with Crippen LogP contribution in [0.3, 0.4) is 0 Å². The Hall–Kier alpha value is -3.69. The first-order valence-electron chi connectivity index (χ1n) is 10.8. The number of thiazole rings is 1. The number of hydrogen-bond acceptors (Lipinski definition) is 7. The Morgan fingerprint density at radius 3 is 2.77 bits per heavy atom. The average molecular weight is 550 g/mol. The highest BCUT2D eigenvalue weighted by atomic mass is 79.9. The molecule has 0 spiro atoms. The molecule has 0 fully saturated rings. The lowest BCUT2D eigenvalue weighted by molar-refractivity contribution is 0.311. The van der Waals surface area contributed by atoms with Gasteiger partial charge in [-0.15, -0.1) is 5.10 Å². The zero-order chi connectivity index (χ0) is 24.4. The van der Waals surface area contributed by atoms with E-state index in [0.717, 1.165) is 21.4 Å². The van der Waals surface area contributed by atoms with Crippen LogP contribution in [0, 0.1) is 0 Å². The summed E-state index contributed by atoms with van der Waals surface area (Å²) in [6, 6.07) is 17.2. The van der Waals surface area contributed by atoms with Crippen LogP contribution in [0.25, 0.3) is 34.5 Å². The lowest BCUT2D eigenvalue weighted by atomic mass is 10.2. The molecular formula is C26H20BrN3O4S. The van der Waals surface area contributed by atoms with Gasteiger partial charge in [0.05, 0.1) is 13.7 Å². The molecule has 5 rings (SSSR count). The summed E-state index contributed by atoms with van der Waals surface area (Å²) in [5.74, 6) is 3.10. The summed E-state index contributed by atoms with van der Waals surface area (Å²) < 4.78 is 19.6. The van der Waals surface area contributed by atoms with Gasteiger partial charge in [0.15, 0.2) is 17.3 Å². The van der Waals surface area contributed by atoms with Crippen molar-refractivity contribution in [2.45, 2.75) is 6.92 Å².